The van der Waals surface area contributed by atoms with E-state index in [4.69, 9.17) is 16.3 Å². The molecule has 1 aliphatic heterocycles. The molecular formula is C24H17ClFNO4. The van der Waals surface area contributed by atoms with Crippen molar-refractivity contribution in [3.63, 3.8) is 0 Å². The zero-order valence-corrected chi connectivity index (χ0v) is 17.1. The lowest BCUT2D eigenvalue weighted by Crippen LogP contribution is -2.29. The van der Waals surface area contributed by atoms with Crippen LogP contribution < -0.4 is 9.64 Å². The normalized spacial score (nSPS) is 17.8. The summed E-state index contributed by atoms with van der Waals surface area (Å²) in [6.07, 6.45) is 0. The van der Waals surface area contributed by atoms with Crippen LogP contribution >= 0.6 is 11.6 Å². The van der Waals surface area contributed by atoms with Crippen LogP contribution in [0.4, 0.5) is 10.1 Å². The van der Waals surface area contributed by atoms with E-state index in [2.05, 4.69) is 0 Å². The summed E-state index contributed by atoms with van der Waals surface area (Å²) in [7, 11) is 1.42. The molecule has 3 aromatic carbocycles. The first-order valence-electron chi connectivity index (χ1n) is 9.38. The minimum Gasteiger partial charge on any atom is -0.507 e. The standard InChI is InChI=1S/C24H17ClFNO4/c1-31-19-13-14(11-12-17(19)25)22(28)20-21(16-9-5-6-10-18(16)26)27(24(30)23(20)29)15-7-3-2-4-8-15/h2-13,21,28H,1H3/b22-20+. The number of aliphatic hydroxyl groups excluding tert-OH is 1. The number of Topliss-reactive ketones (excluding diaryl/α,β-unsaturated/α-hetero) is 1. The Bertz CT molecular complexity index is 1210. The smallest absolute Gasteiger partial charge is 0.300 e. The fraction of sp³-hybridized carbons (Fsp3) is 0.0833. The van der Waals surface area contributed by atoms with Gasteiger partial charge in [0.2, 0.25) is 0 Å². The predicted octanol–water partition coefficient (Wildman–Crippen LogP) is 5.11. The number of amides is 1. The summed E-state index contributed by atoms with van der Waals surface area (Å²) in [6, 6.07) is 17.6. The molecule has 7 heteroatoms. The minimum absolute atomic E-state index is 0.0908. The van der Waals surface area contributed by atoms with Crippen molar-refractivity contribution in [1.29, 1.82) is 0 Å². The highest BCUT2D eigenvalue weighted by molar-refractivity contribution is 6.51. The second kappa shape index (κ2) is 8.24. The highest BCUT2D eigenvalue weighted by Gasteiger charge is 2.47. The van der Waals surface area contributed by atoms with E-state index in [1.54, 1.807) is 36.4 Å². The molecular weight excluding hydrogens is 421 g/mol. The number of ketones is 1. The molecule has 1 saturated heterocycles. The zero-order valence-electron chi connectivity index (χ0n) is 16.4. The van der Waals surface area contributed by atoms with Crippen molar-refractivity contribution in [1.82, 2.24) is 0 Å². The first kappa shape index (κ1) is 20.6. The van der Waals surface area contributed by atoms with Crippen LogP contribution in [-0.2, 0) is 9.59 Å². The molecule has 1 N–H and O–H groups in total. The summed E-state index contributed by atoms with van der Waals surface area (Å²) < 4.78 is 20.0. The van der Waals surface area contributed by atoms with Crippen molar-refractivity contribution >= 4 is 34.7 Å². The molecule has 3 aromatic rings. The van der Waals surface area contributed by atoms with Gasteiger partial charge in [0.15, 0.2) is 0 Å². The number of ether oxygens (including phenoxy) is 1. The Morgan fingerprint density at radius 3 is 2.39 bits per heavy atom. The molecule has 0 aliphatic carbocycles. The fourth-order valence-electron chi connectivity index (χ4n) is 3.64. The second-order valence-electron chi connectivity index (χ2n) is 6.88. The van der Waals surface area contributed by atoms with E-state index < -0.39 is 29.3 Å². The van der Waals surface area contributed by atoms with Crippen LogP contribution in [0, 0.1) is 5.82 Å². The number of benzene rings is 3. The topological polar surface area (TPSA) is 66.8 Å². The van der Waals surface area contributed by atoms with Crippen LogP contribution in [0.15, 0.2) is 78.4 Å². The summed E-state index contributed by atoms with van der Waals surface area (Å²) >= 11 is 6.06. The molecule has 1 fully saturated rings. The molecule has 5 nitrogen and oxygen atoms in total. The fourth-order valence-corrected chi connectivity index (χ4v) is 3.84. The number of aliphatic hydroxyl groups is 1. The van der Waals surface area contributed by atoms with E-state index >= 15 is 0 Å². The second-order valence-corrected chi connectivity index (χ2v) is 7.28. The van der Waals surface area contributed by atoms with E-state index in [9.17, 15) is 19.1 Å². The highest BCUT2D eigenvalue weighted by atomic mass is 35.5. The maximum Gasteiger partial charge on any atom is 0.300 e. The lowest BCUT2D eigenvalue weighted by Gasteiger charge is -2.25. The monoisotopic (exact) mass is 437 g/mol. The van der Waals surface area contributed by atoms with Crippen molar-refractivity contribution in [2.75, 3.05) is 12.0 Å². The Balaban J connectivity index is 1.97. The number of anilines is 1. The predicted molar refractivity (Wildman–Crippen MR) is 116 cm³/mol. The number of methoxy groups -OCH3 is 1. The van der Waals surface area contributed by atoms with Crippen molar-refractivity contribution in [2.24, 2.45) is 0 Å². The van der Waals surface area contributed by atoms with Gasteiger partial charge >= 0.3 is 0 Å². The Labute approximate surface area is 182 Å². The van der Waals surface area contributed by atoms with Crippen LogP contribution in [-0.4, -0.2) is 23.9 Å². The number of para-hydroxylation sites is 1. The first-order chi connectivity index (χ1) is 14.9. The van der Waals surface area contributed by atoms with E-state index in [-0.39, 0.29) is 22.4 Å². The van der Waals surface area contributed by atoms with E-state index in [1.807, 2.05) is 0 Å². The SMILES string of the molecule is COc1cc(/C(O)=C2\C(=O)C(=O)N(c3ccccc3)C2c2ccccc2F)ccc1Cl. The number of hydrogen-bond acceptors (Lipinski definition) is 4. The van der Waals surface area contributed by atoms with Gasteiger partial charge in [0.1, 0.15) is 17.3 Å². The number of hydrogen-bond donors (Lipinski definition) is 1. The first-order valence-corrected chi connectivity index (χ1v) is 9.76. The summed E-state index contributed by atoms with van der Waals surface area (Å²) in [5.41, 5.74) is 0.496. The van der Waals surface area contributed by atoms with Crippen molar-refractivity contribution in [3.8, 4) is 5.75 Å². The number of rotatable bonds is 4. The van der Waals surface area contributed by atoms with Gasteiger partial charge in [-0.3, -0.25) is 14.5 Å². The molecule has 4 rings (SSSR count). The molecule has 1 unspecified atom stereocenters. The molecule has 0 spiro atoms. The average molecular weight is 438 g/mol. The number of carbonyl (C=O) groups excluding carboxylic acids is 2. The Kier molecular flexibility index (Phi) is 5.48. The summed E-state index contributed by atoms with van der Waals surface area (Å²) in [5, 5.41) is 11.4. The van der Waals surface area contributed by atoms with Crippen LogP contribution in [0.1, 0.15) is 17.2 Å². The molecule has 0 bridgehead atoms. The van der Waals surface area contributed by atoms with Crippen LogP contribution in [0.2, 0.25) is 5.02 Å². The highest BCUT2D eigenvalue weighted by Crippen LogP contribution is 2.43. The molecule has 1 heterocycles. The molecule has 156 valence electrons. The molecule has 1 aliphatic rings. The van der Waals surface area contributed by atoms with Crippen LogP contribution in [0.25, 0.3) is 5.76 Å². The summed E-state index contributed by atoms with van der Waals surface area (Å²) in [6.45, 7) is 0. The van der Waals surface area contributed by atoms with E-state index in [0.717, 1.165) is 0 Å². The van der Waals surface area contributed by atoms with Gasteiger partial charge in [0.25, 0.3) is 11.7 Å². The molecule has 1 amide bonds. The van der Waals surface area contributed by atoms with Gasteiger partial charge < -0.3 is 9.84 Å². The molecule has 0 saturated carbocycles. The van der Waals surface area contributed by atoms with Gasteiger partial charge in [0, 0.05) is 16.8 Å². The maximum absolute atomic E-state index is 14.8. The van der Waals surface area contributed by atoms with Crippen molar-refractivity contribution in [2.45, 2.75) is 6.04 Å². The lowest BCUT2D eigenvalue weighted by atomic mass is 9.94. The minimum atomic E-state index is -1.15. The van der Waals surface area contributed by atoms with Gasteiger partial charge in [-0.15, -0.1) is 0 Å². The third kappa shape index (κ3) is 3.55. The summed E-state index contributed by atoms with van der Waals surface area (Å²) in [5.74, 6) is -2.54. The quantitative estimate of drug-likeness (QED) is 0.350. The molecule has 31 heavy (non-hydrogen) atoms. The van der Waals surface area contributed by atoms with Gasteiger partial charge in [-0.1, -0.05) is 48.0 Å². The number of carbonyl (C=O) groups is 2. The van der Waals surface area contributed by atoms with Crippen molar-refractivity contribution in [3.05, 3.63) is 100 Å². The van der Waals surface area contributed by atoms with E-state index in [0.29, 0.717) is 10.7 Å². The van der Waals surface area contributed by atoms with Gasteiger partial charge in [-0.05, 0) is 36.4 Å². The largest absolute Gasteiger partial charge is 0.507 e. The Hall–Kier alpha value is -3.64. The van der Waals surface area contributed by atoms with Gasteiger partial charge in [-0.2, -0.15) is 0 Å². The maximum atomic E-state index is 14.8. The molecule has 0 radical (unpaired) electrons. The zero-order chi connectivity index (χ0) is 22.1. The summed E-state index contributed by atoms with van der Waals surface area (Å²) in [4.78, 5) is 27.2. The number of halogens is 2. The lowest BCUT2D eigenvalue weighted by molar-refractivity contribution is -0.132. The van der Waals surface area contributed by atoms with Gasteiger partial charge in [-0.25, -0.2) is 4.39 Å². The van der Waals surface area contributed by atoms with Crippen molar-refractivity contribution < 1.29 is 23.8 Å². The van der Waals surface area contributed by atoms with Crippen LogP contribution in [0.3, 0.4) is 0 Å². The van der Waals surface area contributed by atoms with Crippen LogP contribution in [0.5, 0.6) is 5.75 Å². The molecule has 1 atom stereocenters. The Morgan fingerprint density at radius 1 is 1.03 bits per heavy atom. The van der Waals surface area contributed by atoms with Gasteiger partial charge in [0.05, 0.1) is 23.7 Å². The Morgan fingerprint density at radius 2 is 1.71 bits per heavy atom. The molecule has 0 aromatic heterocycles. The van der Waals surface area contributed by atoms with E-state index in [1.165, 1.54) is 48.4 Å². The third-order valence-electron chi connectivity index (χ3n) is 5.10. The number of nitrogens with zero attached hydrogens (tertiary/aromatic N) is 1. The average Bonchev–Trinajstić information content (AvgIpc) is 3.05. The third-order valence-corrected chi connectivity index (χ3v) is 5.42.